The SMILES string of the molecule is C=C(C)Cn1c(SCC(=O)Nc2ccc(C)c(C)c2)nc2c(c1=O)C1(CCCCC1)Cc1ccccc1-2. The maximum atomic E-state index is 14.2. The Labute approximate surface area is 223 Å². The molecule has 6 heteroatoms. The van der Waals surface area contributed by atoms with Gasteiger partial charge >= 0.3 is 0 Å². The molecular weight excluding hydrogens is 478 g/mol. The van der Waals surface area contributed by atoms with Gasteiger partial charge in [-0.15, -0.1) is 0 Å². The largest absolute Gasteiger partial charge is 0.325 e. The summed E-state index contributed by atoms with van der Waals surface area (Å²) in [5.74, 6) is 0.0486. The molecule has 0 saturated heterocycles. The summed E-state index contributed by atoms with van der Waals surface area (Å²) in [7, 11) is 0. The van der Waals surface area contributed by atoms with Crippen molar-refractivity contribution in [1.82, 2.24) is 9.55 Å². The molecule has 2 aromatic carbocycles. The molecule has 192 valence electrons. The Kier molecular flexibility index (Phi) is 7.13. The zero-order valence-corrected chi connectivity index (χ0v) is 22.8. The monoisotopic (exact) mass is 513 g/mol. The molecule has 0 atom stereocenters. The number of aryl methyl sites for hydroxylation is 2. The number of carbonyl (C=O) groups excluding carboxylic acids is 1. The van der Waals surface area contributed by atoms with Gasteiger partial charge in [0.2, 0.25) is 5.91 Å². The minimum absolute atomic E-state index is 0.0291. The van der Waals surface area contributed by atoms with E-state index in [0.717, 1.165) is 65.7 Å². The number of allylic oxidation sites excluding steroid dienone is 1. The van der Waals surface area contributed by atoms with Gasteiger partial charge in [-0.3, -0.25) is 14.2 Å². The van der Waals surface area contributed by atoms with Crippen LogP contribution in [0.3, 0.4) is 0 Å². The molecule has 1 saturated carbocycles. The molecule has 5 rings (SSSR count). The van der Waals surface area contributed by atoms with Crippen LogP contribution in [0.2, 0.25) is 0 Å². The van der Waals surface area contributed by atoms with Gasteiger partial charge in [0.15, 0.2) is 5.16 Å². The molecule has 37 heavy (non-hydrogen) atoms. The van der Waals surface area contributed by atoms with E-state index in [0.29, 0.717) is 11.7 Å². The highest BCUT2D eigenvalue weighted by Crippen LogP contribution is 2.48. The fourth-order valence-corrected chi connectivity index (χ4v) is 6.68. The lowest BCUT2D eigenvalue weighted by molar-refractivity contribution is -0.113. The second kappa shape index (κ2) is 10.3. The summed E-state index contributed by atoms with van der Waals surface area (Å²) in [5.41, 5.74) is 7.85. The van der Waals surface area contributed by atoms with Crippen molar-refractivity contribution in [2.75, 3.05) is 11.1 Å². The summed E-state index contributed by atoms with van der Waals surface area (Å²) < 4.78 is 1.75. The minimum atomic E-state index is -0.160. The van der Waals surface area contributed by atoms with E-state index in [1.165, 1.54) is 29.3 Å². The molecule has 3 aromatic rings. The normalized spacial score (nSPS) is 15.6. The Balaban J connectivity index is 1.53. The first kappa shape index (κ1) is 25.5. The first-order valence-corrected chi connectivity index (χ1v) is 14.1. The number of hydrogen-bond acceptors (Lipinski definition) is 4. The molecule has 0 aliphatic heterocycles. The van der Waals surface area contributed by atoms with Gasteiger partial charge < -0.3 is 5.32 Å². The molecule has 1 heterocycles. The van der Waals surface area contributed by atoms with Gasteiger partial charge in [-0.2, -0.15) is 0 Å². The molecular formula is C31H35N3O2S. The molecule has 2 aliphatic rings. The average molecular weight is 514 g/mol. The van der Waals surface area contributed by atoms with E-state index >= 15 is 0 Å². The second-order valence-corrected chi connectivity index (χ2v) is 11.7. The molecule has 0 unspecified atom stereocenters. The number of hydrogen-bond donors (Lipinski definition) is 1. The van der Waals surface area contributed by atoms with Crippen LogP contribution >= 0.6 is 11.8 Å². The average Bonchev–Trinajstić information content (AvgIpc) is 2.87. The Hall–Kier alpha value is -3.12. The van der Waals surface area contributed by atoms with E-state index in [1.807, 2.05) is 38.1 Å². The van der Waals surface area contributed by atoms with Crippen molar-refractivity contribution in [1.29, 1.82) is 0 Å². The van der Waals surface area contributed by atoms with Crippen LogP contribution in [0.4, 0.5) is 5.69 Å². The summed E-state index contributed by atoms with van der Waals surface area (Å²) in [6.45, 7) is 10.5. The van der Waals surface area contributed by atoms with Crippen LogP contribution in [0.25, 0.3) is 11.3 Å². The summed E-state index contributed by atoms with van der Waals surface area (Å²) in [6.07, 6.45) is 6.42. The lowest BCUT2D eigenvalue weighted by atomic mass is 9.62. The lowest BCUT2D eigenvalue weighted by Gasteiger charge is -2.42. The predicted molar refractivity (Wildman–Crippen MR) is 152 cm³/mol. The number of anilines is 1. The number of amides is 1. The van der Waals surface area contributed by atoms with E-state index in [1.54, 1.807) is 4.57 Å². The van der Waals surface area contributed by atoms with Crippen LogP contribution in [0.5, 0.6) is 0 Å². The predicted octanol–water partition coefficient (Wildman–Crippen LogP) is 6.59. The quantitative estimate of drug-likeness (QED) is 0.229. The van der Waals surface area contributed by atoms with Crippen molar-refractivity contribution in [3.63, 3.8) is 0 Å². The Morgan fingerprint density at radius 1 is 1.11 bits per heavy atom. The van der Waals surface area contributed by atoms with E-state index in [-0.39, 0.29) is 22.6 Å². The van der Waals surface area contributed by atoms with E-state index < -0.39 is 0 Å². The summed E-state index contributed by atoms with van der Waals surface area (Å²) in [6, 6.07) is 14.3. The molecule has 2 aliphatic carbocycles. The van der Waals surface area contributed by atoms with Gasteiger partial charge in [0.25, 0.3) is 5.56 Å². The number of aromatic nitrogens is 2. The van der Waals surface area contributed by atoms with Gasteiger partial charge in [-0.05, 0) is 68.9 Å². The van der Waals surface area contributed by atoms with E-state index in [9.17, 15) is 9.59 Å². The van der Waals surface area contributed by atoms with Crippen LogP contribution in [0.15, 0.2) is 64.6 Å². The molecule has 1 aromatic heterocycles. The molecule has 1 fully saturated rings. The summed E-state index contributed by atoms with van der Waals surface area (Å²) in [5, 5.41) is 3.56. The zero-order valence-electron chi connectivity index (χ0n) is 22.0. The van der Waals surface area contributed by atoms with Crippen molar-refractivity contribution in [3.05, 3.63) is 87.2 Å². The Morgan fingerprint density at radius 2 is 1.86 bits per heavy atom. The van der Waals surface area contributed by atoms with Crippen molar-refractivity contribution in [2.24, 2.45) is 0 Å². The van der Waals surface area contributed by atoms with Crippen LogP contribution in [-0.4, -0.2) is 21.2 Å². The Morgan fingerprint density at radius 3 is 2.59 bits per heavy atom. The number of rotatable bonds is 6. The maximum Gasteiger partial charge on any atom is 0.258 e. The number of nitrogens with zero attached hydrogens (tertiary/aromatic N) is 2. The highest BCUT2D eigenvalue weighted by Gasteiger charge is 2.43. The topological polar surface area (TPSA) is 64.0 Å². The maximum absolute atomic E-state index is 14.2. The highest BCUT2D eigenvalue weighted by atomic mass is 32.2. The van der Waals surface area contributed by atoms with Gasteiger partial charge in [-0.1, -0.05) is 73.5 Å². The summed E-state index contributed by atoms with van der Waals surface area (Å²) in [4.78, 5) is 32.2. The minimum Gasteiger partial charge on any atom is -0.325 e. The Bertz CT molecular complexity index is 1430. The third-order valence-corrected chi connectivity index (χ3v) is 8.80. The molecule has 5 nitrogen and oxygen atoms in total. The van der Waals surface area contributed by atoms with Crippen molar-refractivity contribution < 1.29 is 4.79 Å². The van der Waals surface area contributed by atoms with Crippen molar-refractivity contribution in [3.8, 4) is 11.3 Å². The standard InChI is InChI=1S/C31H35N3O2S/c1-20(2)18-34-29(36)27-28(25-11-7-6-10-23(25)17-31(27)14-8-5-9-15-31)33-30(34)37-19-26(35)32-24-13-12-21(3)22(4)16-24/h6-7,10-13,16H,1,5,8-9,14-15,17-19H2,2-4H3,(H,32,35). The number of thioether (sulfide) groups is 1. The molecule has 0 bridgehead atoms. The van der Waals surface area contributed by atoms with Crippen LogP contribution < -0.4 is 10.9 Å². The molecule has 1 N–H and O–H groups in total. The molecule has 1 amide bonds. The first-order chi connectivity index (χ1) is 17.8. The fraction of sp³-hybridized carbons (Fsp3) is 0.387. The van der Waals surface area contributed by atoms with E-state index in [2.05, 4.69) is 37.0 Å². The van der Waals surface area contributed by atoms with Gasteiger partial charge in [0.1, 0.15) is 0 Å². The lowest BCUT2D eigenvalue weighted by Crippen LogP contribution is -2.43. The number of carbonyl (C=O) groups is 1. The van der Waals surface area contributed by atoms with Crippen LogP contribution in [0, 0.1) is 13.8 Å². The van der Waals surface area contributed by atoms with Gasteiger partial charge in [0, 0.05) is 23.2 Å². The molecule has 0 radical (unpaired) electrons. The van der Waals surface area contributed by atoms with Gasteiger partial charge in [0.05, 0.1) is 17.0 Å². The second-order valence-electron chi connectivity index (χ2n) is 10.8. The first-order valence-electron chi connectivity index (χ1n) is 13.2. The third-order valence-electron chi connectivity index (χ3n) is 7.83. The molecule has 1 spiro atoms. The van der Waals surface area contributed by atoms with Crippen LogP contribution in [-0.2, 0) is 23.2 Å². The smallest absolute Gasteiger partial charge is 0.258 e. The number of nitrogens with one attached hydrogen (secondary N) is 1. The van der Waals surface area contributed by atoms with Crippen LogP contribution in [0.1, 0.15) is 61.3 Å². The van der Waals surface area contributed by atoms with Crippen molar-refractivity contribution in [2.45, 2.75) is 76.4 Å². The summed E-state index contributed by atoms with van der Waals surface area (Å²) >= 11 is 1.32. The number of benzene rings is 2. The zero-order chi connectivity index (χ0) is 26.2. The van der Waals surface area contributed by atoms with Gasteiger partial charge in [-0.25, -0.2) is 4.98 Å². The fourth-order valence-electron chi connectivity index (χ4n) is 5.89. The third kappa shape index (κ3) is 5.04. The highest BCUT2D eigenvalue weighted by molar-refractivity contribution is 7.99. The number of fused-ring (bicyclic) bond motifs is 4. The van der Waals surface area contributed by atoms with Crippen molar-refractivity contribution >= 4 is 23.4 Å². The van der Waals surface area contributed by atoms with E-state index in [4.69, 9.17) is 4.98 Å².